The highest BCUT2D eigenvalue weighted by Crippen LogP contribution is 2.35. The van der Waals surface area contributed by atoms with Gasteiger partial charge in [0.2, 0.25) is 5.75 Å². The van der Waals surface area contributed by atoms with Crippen molar-refractivity contribution in [3.63, 3.8) is 0 Å². The molecule has 25 heavy (non-hydrogen) atoms. The third kappa shape index (κ3) is 2.96. The summed E-state index contributed by atoms with van der Waals surface area (Å²) in [7, 11) is 0. The molecule has 5 nitrogen and oxygen atoms in total. The Hall–Kier alpha value is -2.86. The molecule has 0 spiro atoms. The van der Waals surface area contributed by atoms with E-state index < -0.39 is 5.63 Å². The van der Waals surface area contributed by atoms with E-state index >= 15 is 0 Å². The van der Waals surface area contributed by atoms with E-state index in [-0.39, 0.29) is 23.7 Å². The van der Waals surface area contributed by atoms with Gasteiger partial charge >= 0.3 is 5.63 Å². The maximum Gasteiger partial charge on any atom is 0.336 e. The number of fused-ring (bicyclic) bond motifs is 2. The molecule has 0 atom stereocenters. The van der Waals surface area contributed by atoms with Gasteiger partial charge in [-0.05, 0) is 30.3 Å². The maximum atomic E-state index is 12.3. The van der Waals surface area contributed by atoms with Gasteiger partial charge in [0.25, 0.3) is 0 Å². The Labute approximate surface area is 149 Å². The number of hydrogen-bond donors (Lipinski definition) is 0. The van der Waals surface area contributed by atoms with Gasteiger partial charge in [-0.25, -0.2) is 4.79 Å². The van der Waals surface area contributed by atoms with Gasteiger partial charge in [-0.3, -0.25) is 4.79 Å². The molecular weight excluding hydrogens is 388 g/mol. The van der Waals surface area contributed by atoms with Gasteiger partial charge in [0, 0.05) is 26.9 Å². The van der Waals surface area contributed by atoms with Crippen molar-refractivity contribution in [3.05, 3.63) is 75.3 Å². The number of carbonyl (C=O) groups excluding carboxylic acids is 1. The van der Waals surface area contributed by atoms with Crippen LogP contribution in [0.5, 0.6) is 5.75 Å². The van der Waals surface area contributed by atoms with E-state index in [1.807, 2.05) is 6.07 Å². The molecule has 0 fully saturated rings. The molecule has 2 heterocycles. The molecule has 6 heteroatoms. The van der Waals surface area contributed by atoms with Crippen molar-refractivity contribution in [2.75, 3.05) is 6.61 Å². The number of furan rings is 1. The van der Waals surface area contributed by atoms with Gasteiger partial charge < -0.3 is 13.6 Å². The second-order valence-corrected chi connectivity index (χ2v) is 6.35. The summed E-state index contributed by atoms with van der Waals surface area (Å²) in [4.78, 5) is 23.9. The molecule has 4 aromatic rings. The summed E-state index contributed by atoms with van der Waals surface area (Å²) in [5, 5.41) is 1.49. The van der Waals surface area contributed by atoms with Gasteiger partial charge in [-0.2, -0.15) is 0 Å². The topological polar surface area (TPSA) is 69.7 Å². The molecule has 0 N–H and O–H groups in total. The molecule has 0 saturated heterocycles. The average Bonchev–Trinajstić information content (AvgIpc) is 3.07. The van der Waals surface area contributed by atoms with E-state index in [0.29, 0.717) is 16.5 Å². The zero-order valence-electron chi connectivity index (χ0n) is 12.8. The lowest BCUT2D eigenvalue weighted by Gasteiger charge is -2.08. The third-order valence-corrected chi connectivity index (χ3v) is 4.33. The highest BCUT2D eigenvalue weighted by molar-refractivity contribution is 9.10. The minimum Gasteiger partial charge on any atom is -0.478 e. The lowest BCUT2D eigenvalue weighted by Crippen LogP contribution is -2.12. The highest BCUT2D eigenvalue weighted by Gasteiger charge is 2.16. The number of halogens is 1. The molecule has 0 radical (unpaired) electrons. The van der Waals surface area contributed by atoms with E-state index in [1.54, 1.807) is 36.4 Å². The van der Waals surface area contributed by atoms with Crippen LogP contribution in [0.2, 0.25) is 0 Å². The molecule has 4 rings (SSSR count). The molecular formula is C19H11BrO5. The molecule has 0 bridgehead atoms. The largest absolute Gasteiger partial charge is 0.478 e. The Balaban J connectivity index is 1.73. The van der Waals surface area contributed by atoms with Crippen LogP contribution in [0.3, 0.4) is 0 Å². The predicted molar refractivity (Wildman–Crippen MR) is 96.2 cm³/mol. The first kappa shape index (κ1) is 15.7. The van der Waals surface area contributed by atoms with Crippen LogP contribution in [0.15, 0.2) is 72.9 Å². The molecule has 124 valence electrons. The van der Waals surface area contributed by atoms with Crippen LogP contribution in [0, 0.1) is 0 Å². The molecule has 0 amide bonds. The molecule has 0 aliphatic carbocycles. The normalized spacial score (nSPS) is 11.1. The van der Waals surface area contributed by atoms with E-state index in [0.717, 1.165) is 9.86 Å². The van der Waals surface area contributed by atoms with Crippen molar-refractivity contribution in [1.82, 2.24) is 0 Å². The molecule has 0 aliphatic heterocycles. The van der Waals surface area contributed by atoms with E-state index in [2.05, 4.69) is 15.9 Å². The standard InChI is InChI=1S/C19H11BrO5/c20-14-4-1-11(2-5-14)15(21)10-24-19-17-13(7-8-23-17)9-12-3-6-16(22)25-18(12)19/h1-9H,10H2. The summed E-state index contributed by atoms with van der Waals surface area (Å²) in [6.07, 6.45) is 1.52. The van der Waals surface area contributed by atoms with Crippen LogP contribution in [0.4, 0.5) is 0 Å². The van der Waals surface area contributed by atoms with Crippen molar-refractivity contribution < 1.29 is 18.4 Å². The Kier molecular flexibility index (Phi) is 3.89. The van der Waals surface area contributed by atoms with Crippen molar-refractivity contribution >= 4 is 43.7 Å². The Morgan fingerprint density at radius 3 is 2.56 bits per heavy atom. The van der Waals surface area contributed by atoms with Crippen LogP contribution < -0.4 is 10.4 Å². The fourth-order valence-electron chi connectivity index (χ4n) is 2.59. The van der Waals surface area contributed by atoms with Gasteiger partial charge in [0.05, 0.1) is 6.26 Å². The Morgan fingerprint density at radius 2 is 1.76 bits per heavy atom. The van der Waals surface area contributed by atoms with Gasteiger partial charge in [-0.1, -0.05) is 28.1 Å². The van der Waals surface area contributed by atoms with Crippen LogP contribution >= 0.6 is 15.9 Å². The summed E-state index contributed by atoms with van der Waals surface area (Å²) in [5.74, 6) is 0.0585. The van der Waals surface area contributed by atoms with Gasteiger partial charge in [0.1, 0.15) is 0 Å². The molecule has 2 aromatic heterocycles. The third-order valence-electron chi connectivity index (χ3n) is 3.80. The Morgan fingerprint density at radius 1 is 1.00 bits per heavy atom. The Bertz CT molecular complexity index is 1140. The molecule has 2 aromatic carbocycles. The predicted octanol–water partition coefficient (Wildman–Crippen LogP) is 4.56. The number of rotatable bonds is 4. The summed E-state index contributed by atoms with van der Waals surface area (Å²) in [5.41, 5.74) is 0.729. The van der Waals surface area contributed by atoms with Gasteiger partial charge in [0.15, 0.2) is 23.6 Å². The zero-order valence-corrected chi connectivity index (χ0v) is 14.4. The zero-order chi connectivity index (χ0) is 17.4. The number of ether oxygens (including phenoxy) is 1. The maximum absolute atomic E-state index is 12.3. The van der Waals surface area contributed by atoms with Crippen molar-refractivity contribution in [1.29, 1.82) is 0 Å². The lowest BCUT2D eigenvalue weighted by molar-refractivity contribution is 0.0922. The van der Waals surface area contributed by atoms with Crippen LogP contribution in [-0.2, 0) is 0 Å². The first-order chi connectivity index (χ1) is 12.1. The van der Waals surface area contributed by atoms with E-state index in [4.69, 9.17) is 13.6 Å². The first-order valence-corrected chi connectivity index (χ1v) is 8.27. The second-order valence-electron chi connectivity index (χ2n) is 5.44. The minimum atomic E-state index is -0.498. The van der Waals surface area contributed by atoms with Gasteiger partial charge in [-0.15, -0.1) is 0 Å². The first-order valence-electron chi connectivity index (χ1n) is 7.47. The highest BCUT2D eigenvalue weighted by atomic mass is 79.9. The number of benzene rings is 2. The molecule has 0 unspecified atom stereocenters. The summed E-state index contributed by atoms with van der Waals surface area (Å²) >= 11 is 3.33. The summed E-state index contributed by atoms with van der Waals surface area (Å²) in [6.45, 7) is -0.199. The van der Waals surface area contributed by atoms with E-state index in [1.165, 1.54) is 12.3 Å². The smallest absolute Gasteiger partial charge is 0.336 e. The number of hydrogen-bond acceptors (Lipinski definition) is 5. The number of Topliss-reactive ketones (excluding diaryl/α,β-unsaturated/α-hetero) is 1. The summed E-state index contributed by atoms with van der Waals surface area (Å²) in [6, 6.07) is 13.6. The molecule has 0 aliphatic rings. The fourth-order valence-corrected chi connectivity index (χ4v) is 2.86. The van der Waals surface area contributed by atoms with E-state index in [9.17, 15) is 9.59 Å². The monoisotopic (exact) mass is 398 g/mol. The quantitative estimate of drug-likeness (QED) is 0.372. The van der Waals surface area contributed by atoms with Crippen LogP contribution in [-0.4, -0.2) is 12.4 Å². The number of carbonyl (C=O) groups is 1. The van der Waals surface area contributed by atoms with Crippen LogP contribution in [0.25, 0.3) is 21.9 Å². The van der Waals surface area contributed by atoms with Crippen LogP contribution in [0.1, 0.15) is 10.4 Å². The van der Waals surface area contributed by atoms with Crippen molar-refractivity contribution in [3.8, 4) is 5.75 Å². The minimum absolute atomic E-state index is 0.192. The lowest BCUT2D eigenvalue weighted by atomic mass is 10.1. The van der Waals surface area contributed by atoms with Crippen molar-refractivity contribution in [2.24, 2.45) is 0 Å². The second kappa shape index (κ2) is 6.22. The van der Waals surface area contributed by atoms with Crippen molar-refractivity contribution in [2.45, 2.75) is 0 Å². The average molecular weight is 399 g/mol. The summed E-state index contributed by atoms with van der Waals surface area (Å²) < 4.78 is 17.3. The SMILES string of the molecule is O=C(COc1c2occc2cc2ccc(=O)oc12)c1ccc(Br)cc1. The molecule has 0 saturated carbocycles. The number of ketones is 1. The fraction of sp³-hybridized carbons (Fsp3) is 0.0526.